The molecule has 1 heterocycles. The number of benzene rings is 2. The highest BCUT2D eigenvalue weighted by Crippen LogP contribution is 2.34. The molecule has 0 saturated carbocycles. The van der Waals surface area contributed by atoms with E-state index in [9.17, 15) is 4.79 Å². The van der Waals surface area contributed by atoms with Gasteiger partial charge in [0.2, 0.25) is 5.91 Å². The van der Waals surface area contributed by atoms with Gasteiger partial charge in [0, 0.05) is 40.3 Å². The molecule has 0 aliphatic carbocycles. The van der Waals surface area contributed by atoms with E-state index < -0.39 is 0 Å². The third kappa shape index (κ3) is 4.52. The van der Waals surface area contributed by atoms with Gasteiger partial charge in [0.1, 0.15) is 0 Å². The molecule has 23 heavy (non-hydrogen) atoms. The number of hydrogen-bond acceptors (Lipinski definition) is 3. The quantitative estimate of drug-likeness (QED) is 0.796. The number of nitrogens with zero attached hydrogens (tertiary/aromatic N) is 1. The Kier molecular flexibility index (Phi) is 5.62. The summed E-state index contributed by atoms with van der Waals surface area (Å²) in [4.78, 5) is 15.8. The van der Waals surface area contributed by atoms with Crippen LogP contribution in [0.25, 0.3) is 0 Å². The largest absolute Gasteiger partial charge is 0.370 e. The Bertz CT molecular complexity index is 675. The number of rotatable bonds is 5. The summed E-state index contributed by atoms with van der Waals surface area (Å²) < 4.78 is 1.01. The van der Waals surface area contributed by atoms with Crippen LogP contribution in [0.2, 0.25) is 0 Å². The van der Waals surface area contributed by atoms with E-state index in [1.807, 2.05) is 36.0 Å². The van der Waals surface area contributed by atoms with Crippen molar-refractivity contribution in [2.45, 2.75) is 17.7 Å². The first-order valence-corrected chi connectivity index (χ1v) is 9.52. The number of para-hydroxylation sites is 1. The van der Waals surface area contributed by atoms with Crippen LogP contribution < -0.4 is 10.2 Å². The number of fused-ring (bicyclic) bond motifs is 1. The zero-order chi connectivity index (χ0) is 16.1. The Labute approximate surface area is 149 Å². The molecule has 0 unspecified atom stereocenters. The van der Waals surface area contributed by atoms with Gasteiger partial charge in [-0.3, -0.25) is 4.79 Å². The zero-order valence-corrected chi connectivity index (χ0v) is 15.2. The number of amides is 1. The second kappa shape index (κ2) is 7.88. The summed E-state index contributed by atoms with van der Waals surface area (Å²) in [7, 11) is 0. The molecule has 3 rings (SSSR count). The molecule has 2 aromatic carbocycles. The molecule has 5 heteroatoms. The SMILES string of the molecule is O=C(CCCN1CCSc2ccccc21)Nc1ccc(Br)cc1. The average molecular weight is 391 g/mol. The normalized spacial score (nSPS) is 13.5. The van der Waals surface area contributed by atoms with Gasteiger partial charge in [-0.15, -0.1) is 11.8 Å². The molecule has 1 aliphatic rings. The van der Waals surface area contributed by atoms with E-state index in [0.29, 0.717) is 6.42 Å². The van der Waals surface area contributed by atoms with Crippen LogP contribution in [0.3, 0.4) is 0 Å². The first-order chi connectivity index (χ1) is 11.2. The van der Waals surface area contributed by atoms with Crippen molar-refractivity contribution in [3.63, 3.8) is 0 Å². The third-order valence-electron chi connectivity index (χ3n) is 3.78. The van der Waals surface area contributed by atoms with Crippen LogP contribution in [0.5, 0.6) is 0 Å². The first-order valence-electron chi connectivity index (χ1n) is 7.74. The summed E-state index contributed by atoms with van der Waals surface area (Å²) in [5.74, 6) is 1.19. The fourth-order valence-corrected chi connectivity index (χ4v) is 3.96. The topological polar surface area (TPSA) is 32.3 Å². The Balaban J connectivity index is 1.48. The summed E-state index contributed by atoms with van der Waals surface area (Å²) >= 11 is 5.30. The second-order valence-electron chi connectivity index (χ2n) is 5.46. The summed E-state index contributed by atoms with van der Waals surface area (Å²) in [6, 6.07) is 16.2. The summed E-state index contributed by atoms with van der Waals surface area (Å²) in [6.45, 7) is 1.97. The monoisotopic (exact) mass is 390 g/mol. The number of nitrogens with one attached hydrogen (secondary N) is 1. The maximum Gasteiger partial charge on any atom is 0.224 e. The molecule has 1 aliphatic heterocycles. The van der Waals surface area contributed by atoms with Crippen molar-refractivity contribution in [3.8, 4) is 0 Å². The minimum absolute atomic E-state index is 0.0759. The van der Waals surface area contributed by atoms with Crippen LogP contribution in [-0.4, -0.2) is 24.7 Å². The number of halogens is 1. The van der Waals surface area contributed by atoms with Crippen LogP contribution in [0.1, 0.15) is 12.8 Å². The van der Waals surface area contributed by atoms with E-state index in [4.69, 9.17) is 0 Å². The highest BCUT2D eigenvalue weighted by Gasteiger charge is 2.16. The zero-order valence-electron chi connectivity index (χ0n) is 12.8. The van der Waals surface area contributed by atoms with Crippen molar-refractivity contribution in [2.75, 3.05) is 29.1 Å². The molecule has 2 aromatic rings. The van der Waals surface area contributed by atoms with E-state index >= 15 is 0 Å². The molecule has 1 N–H and O–H groups in total. The lowest BCUT2D eigenvalue weighted by molar-refractivity contribution is -0.116. The van der Waals surface area contributed by atoms with E-state index in [-0.39, 0.29) is 5.91 Å². The molecule has 0 atom stereocenters. The summed E-state index contributed by atoms with van der Waals surface area (Å²) in [5.41, 5.74) is 2.15. The van der Waals surface area contributed by atoms with Crippen molar-refractivity contribution in [1.82, 2.24) is 0 Å². The van der Waals surface area contributed by atoms with Gasteiger partial charge in [0.15, 0.2) is 0 Å². The number of hydrogen-bond donors (Lipinski definition) is 1. The van der Waals surface area contributed by atoms with Gasteiger partial charge in [0.05, 0.1) is 5.69 Å². The highest BCUT2D eigenvalue weighted by atomic mass is 79.9. The summed E-state index contributed by atoms with van der Waals surface area (Å²) in [5, 5.41) is 2.94. The van der Waals surface area contributed by atoms with Gasteiger partial charge in [-0.05, 0) is 42.8 Å². The van der Waals surface area contributed by atoms with Crippen LogP contribution in [0.15, 0.2) is 57.9 Å². The predicted octanol–water partition coefficient (Wildman–Crippen LogP) is 4.78. The van der Waals surface area contributed by atoms with Gasteiger partial charge in [0.25, 0.3) is 0 Å². The molecule has 1 amide bonds. The molecule has 0 radical (unpaired) electrons. The van der Waals surface area contributed by atoms with Crippen LogP contribution in [-0.2, 0) is 4.79 Å². The smallest absolute Gasteiger partial charge is 0.224 e. The van der Waals surface area contributed by atoms with Crippen LogP contribution in [0.4, 0.5) is 11.4 Å². The number of anilines is 2. The van der Waals surface area contributed by atoms with Gasteiger partial charge in [-0.1, -0.05) is 28.1 Å². The highest BCUT2D eigenvalue weighted by molar-refractivity contribution is 9.10. The van der Waals surface area contributed by atoms with Gasteiger partial charge < -0.3 is 10.2 Å². The van der Waals surface area contributed by atoms with Crippen molar-refractivity contribution in [1.29, 1.82) is 0 Å². The van der Waals surface area contributed by atoms with Crippen LogP contribution in [0, 0.1) is 0 Å². The number of thioether (sulfide) groups is 1. The van der Waals surface area contributed by atoms with Crippen molar-refractivity contribution in [2.24, 2.45) is 0 Å². The van der Waals surface area contributed by atoms with Crippen molar-refractivity contribution >= 4 is 45.0 Å². The van der Waals surface area contributed by atoms with Crippen LogP contribution >= 0.6 is 27.7 Å². The Hall–Kier alpha value is -1.46. The lowest BCUT2D eigenvalue weighted by Gasteiger charge is -2.30. The average Bonchev–Trinajstić information content (AvgIpc) is 2.57. The second-order valence-corrected chi connectivity index (χ2v) is 7.51. The van der Waals surface area contributed by atoms with E-state index in [0.717, 1.165) is 35.4 Å². The minimum Gasteiger partial charge on any atom is -0.370 e. The standard InChI is InChI=1S/C18H19BrN2OS/c19-14-7-9-15(10-8-14)20-18(22)6-3-11-21-12-13-23-17-5-2-1-4-16(17)21/h1-2,4-5,7-10H,3,6,11-13H2,(H,20,22). The minimum atomic E-state index is 0.0759. The summed E-state index contributed by atoms with van der Waals surface area (Å²) in [6.07, 6.45) is 1.41. The Morgan fingerprint density at radius 3 is 2.78 bits per heavy atom. The molecule has 3 nitrogen and oxygen atoms in total. The van der Waals surface area contributed by atoms with Gasteiger partial charge >= 0.3 is 0 Å². The van der Waals surface area contributed by atoms with Crippen molar-refractivity contribution in [3.05, 3.63) is 53.0 Å². The van der Waals surface area contributed by atoms with E-state index in [2.05, 4.69) is 50.4 Å². The fraction of sp³-hybridized carbons (Fsp3) is 0.278. The molecule has 0 saturated heterocycles. The maximum absolute atomic E-state index is 12.0. The third-order valence-corrected chi connectivity index (χ3v) is 5.36. The molecular formula is C18H19BrN2OS. The van der Waals surface area contributed by atoms with Crippen molar-refractivity contribution < 1.29 is 4.79 Å². The maximum atomic E-state index is 12.0. The lowest BCUT2D eigenvalue weighted by atomic mass is 10.2. The van der Waals surface area contributed by atoms with E-state index in [1.165, 1.54) is 10.6 Å². The Morgan fingerprint density at radius 1 is 1.17 bits per heavy atom. The number of carbonyl (C=O) groups is 1. The molecule has 0 aromatic heterocycles. The van der Waals surface area contributed by atoms with E-state index in [1.54, 1.807) is 0 Å². The Morgan fingerprint density at radius 2 is 1.96 bits per heavy atom. The molecule has 0 bridgehead atoms. The lowest BCUT2D eigenvalue weighted by Crippen LogP contribution is -2.30. The fourth-order valence-electron chi connectivity index (χ4n) is 2.65. The molecule has 120 valence electrons. The van der Waals surface area contributed by atoms with Gasteiger partial charge in [-0.25, -0.2) is 0 Å². The van der Waals surface area contributed by atoms with Gasteiger partial charge in [-0.2, -0.15) is 0 Å². The predicted molar refractivity (Wildman–Crippen MR) is 101 cm³/mol. The number of carbonyl (C=O) groups excluding carboxylic acids is 1. The first kappa shape index (κ1) is 16.4. The molecule has 0 fully saturated rings. The molecular weight excluding hydrogens is 372 g/mol. The molecule has 0 spiro atoms.